The van der Waals surface area contributed by atoms with Gasteiger partial charge in [-0.25, -0.2) is 9.97 Å². The Balaban J connectivity index is 1.54. The van der Waals surface area contributed by atoms with Crippen LogP contribution in [0.25, 0.3) is 0 Å². The summed E-state index contributed by atoms with van der Waals surface area (Å²) < 4.78 is 1.31. The Kier molecular flexibility index (Phi) is 5.10. The quantitative estimate of drug-likeness (QED) is 0.509. The van der Waals surface area contributed by atoms with E-state index in [0.717, 1.165) is 12.8 Å². The minimum absolute atomic E-state index is 0.0192. The highest BCUT2D eigenvalue weighted by molar-refractivity contribution is 6.34. The number of fused-ring (bicyclic) bond motifs is 1. The normalized spacial score (nSPS) is 19.1. The molecule has 2 aromatic heterocycles. The molecule has 3 heterocycles. The minimum Gasteiger partial charge on any atom is -0.336 e. The molecule has 1 unspecified atom stereocenters. The highest BCUT2D eigenvalue weighted by Gasteiger charge is 2.43. The van der Waals surface area contributed by atoms with E-state index in [2.05, 4.69) is 25.9 Å². The molecule has 168 valence electrons. The third-order valence-corrected chi connectivity index (χ3v) is 6.21. The van der Waals surface area contributed by atoms with Crippen molar-refractivity contribution < 1.29 is 9.59 Å². The lowest BCUT2D eigenvalue weighted by Gasteiger charge is -2.28. The zero-order valence-electron chi connectivity index (χ0n) is 17.4. The summed E-state index contributed by atoms with van der Waals surface area (Å²) in [7, 11) is 0. The van der Waals surface area contributed by atoms with Gasteiger partial charge in [0.1, 0.15) is 35.0 Å². The Bertz CT molecular complexity index is 1370. The van der Waals surface area contributed by atoms with Crippen molar-refractivity contribution in [3.05, 3.63) is 74.4 Å². The summed E-state index contributed by atoms with van der Waals surface area (Å²) in [5.74, 6) is 0.0510. The highest BCUT2D eigenvalue weighted by Crippen LogP contribution is 2.34. The summed E-state index contributed by atoms with van der Waals surface area (Å²) in [5, 5.41) is 9.07. The second-order valence-corrected chi connectivity index (χ2v) is 8.95. The van der Waals surface area contributed by atoms with E-state index in [9.17, 15) is 14.4 Å². The molecule has 5 rings (SSSR count). The minimum atomic E-state index is -1.20. The molecule has 2 amide bonds. The topological polar surface area (TPSA) is 118 Å². The first-order valence-electron chi connectivity index (χ1n) is 10.2. The zero-order valence-corrected chi connectivity index (χ0v) is 18.9. The molecule has 3 N–H and O–H groups in total. The Morgan fingerprint density at radius 1 is 1.15 bits per heavy atom. The molecule has 33 heavy (non-hydrogen) atoms. The molecule has 3 aromatic rings. The number of aromatic nitrogens is 3. The Morgan fingerprint density at radius 3 is 2.64 bits per heavy atom. The van der Waals surface area contributed by atoms with Gasteiger partial charge in [-0.2, -0.15) is 0 Å². The average molecular weight is 485 g/mol. The van der Waals surface area contributed by atoms with Crippen LogP contribution < -0.4 is 21.5 Å². The Hall–Kier alpha value is -3.43. The fraction of sp³-hybridized carbons (Fsp3) is 0.227. The molecule has 1 aromatic carbocycles. The monoisotopic (exact) mass is 484 g/mol. The molecule has 2 aliphatic rings. The second-order valence-electron chi connectivity index (χ2n) is 8.11. The molecule has 11 heteroatoms. The van der Waals surface area contributed by atoms with Gasteiger partial charge in [-0.3, -0.25) is 19.0 Å². The molecule has 9 nitrogen and oxygen atoms in total. The summed E-state index contributed by atoms with van der Waals surface area (Å²) in [5.41, 5.74) is -0.923. The summed E-state index contributed by atoms with van der Waals surface area (Å²) in [6.45, 7) is 1.70. The van der Waals surface area contributed by atoms with E-state index in [0.29, 0.717) is 16.4 Å². The van der Waals surface area contributed by atoms with E-state index in [1.807, 2.05) is 0 Å². The first-order valence-corrected chi connectivity index (χ1v) is 11.0. The predicted octanol–water partition coefficient (Wildman–Crippen LogP) is 3.50. The fourth-order valence-electron chi connectivity index (χ4n) is 3.85. The van der Waals surface area contributed by atoms with Crippen LogP contribution in [-0.2, 0) is 10.5 Å². The van der Waals surface area contributed by atoms with Gasteiger partial charge >= 0.3 is 0 Å². The molecule has 1 aliphatic carbocycles. The zero-order chi connectivity index (χ0) is 23.3. The van der Waals surface area contributed by atoms with Gasteiger partial charge in [-0.15, -0.1) is 0 Å². The van der Waals surface area contributed by atoms with E-state index in [1.54, 1.807) is 31.2 Å². The summed E-state index contributed by atoms with van der Waals surface area (Å²) in [6.07, 6.45) is 3.01. The van der Waals surface area contributed by atoms with Crippen LogP contribution in [0.5, 0.6) is 0 Å². The van der Waals surface area contributed by atoms with Gasteiger partial charge in [0.15, 0.2) is 0 Å². The van der Waals surface area contributed by atoms with Crippen molar-refractivity contribution in [2.24, 2.45) is 5.92 Å². The number of halogens is 2. The largest absolute Gasteiger partial charge is 0.336 e. The Labute approximate surface area is 198 Å². The fourth-order valence-corrected chi connectivity index (χ4v) is 4.32. The number of hydrogen-bond donors (Lipinski definition) is 3. The molecular formula is C22H18Cl2N6O3. The van der Waals surface area contributed by atoms with Crippen molar-refractivity contribution in [2.45, 2.75) is 25.4 Å². The first kappa shape index (κ1) is 21.4. The lowest BCUT2D eigenvalue weighted by atomic mass is 10.0. The van der Waals surface area contributed by atoms with E-state index < -0.39 is 17.1 Å². The molecule has 1 saturated carbocycles. The van der Waals surface area contributed by atoms with Crippen LogP contribution in [0.4, 0.5) is 17.3 Å². The van der Waals surface area contributed by atoms with Gasteiger partial charge in [-0.1, -0.05) is 35.3 Å². The van der Waals surface area contributed by atoms with Crippen molar-refractivity contribution in [3.63, 3.8) is 0 Å². The van der Waals surface area contributed by atoms with Gasteiger partial charge in [0.25, 0.3) is 11.5 Å². The molecule has 0 spiro atoms. The summed E-state index contributed by atoms with van der Waals surface area (Å²) in [6, 6.07) is 9.78. The van der Waals surface area contributed by atoms with Gasteiger partial charge < -0.3 is 16.0 Å². The number of nitrogens with one attached hydrogen (secondary N) is 3. The lowest BCUT2D eigenvalue weighted by molar-refractivity contribution is -0.117. The third-order valence-electron chi connectivity index (χ3n) is 5.69. The van der Waals surface area contributed by atoms with Crippen LogP contribution in [-0.4, -0.2) is 26.3 Å². The van der Waals surface area contributed by atoms with Gasteiger partial charge in [0.2, 0.25) is 5.91 Å². The maximum atomic E-state index is 13.5. The smallest absolute Gasteiger partial charge is 0.277 e. The first-order chi connectivity index (χ1) is 15.8. The number of carbonyl (C=O) groups is 2. The molecule has 0 bridgehead atoms. The molecule has 1 atom stereocenters. The van der Waals surface area contributed by atoms with E-state index in [4.69, 9.17) is 23.2 Å². The van der Waals surface area contributed by atoms with Crippen LogP contribution in [0.1, 0.15) is 35.8 Å². The maximum absolute atomic E-state index is 13.5. The van der Waals surface area contributed by atoms with Crippen LogP contribution in [0.2, 0.25) is 10.0 Å². The van der Waals surface area contributed by atoms with Crippen LogP contribution in [0, 0.1) is 5.92 Å². The Morgan fingerprint density at radius 2 is 1.91 bits per heavy atom. The maximum Gasteiger partial charge on any atom is 0.277 e. The highest BCUT2D eigenvalue weighted by atomic mass is 35.5. The van der Waals surface area contributed by atoms with Crippen molar-refractivity contribution in [2.75, 3.05) is 10.6 Å². The summed E-state index contributed by atoms with van der Waals surface area (Å²) >= 11 is 12.6. The van der Waals surface area contributed by atoms with Crippen LogP contribution >= 0.6 is 23.2 Å². The molecular weight excluding hydrogens is 467 g/mol. The van der Waals surface area contributed by atoms with Gasteiger partial charge in [0, 0.05) is 17.0 Å². The number of carbonyl (C=O) groups excluding carboxylic acids is 2. The molecule has 0 saturated heterocycles. The number of pyridine rings is 1. The number of hydrogen-bond acceptors (Lipinski definition) is 6. The van der Waals surface area contributed by atoms with E-state index >= 15 is 0 Å². The number of amides is 2. The van der Waals surface area contributed by atoms with Crippen molar-refractivity contribution in [1.82, 2.24) is 19.9 Å². The van der Waals surface area contributed by atoms with Crippen LogP contribution in [0.3, 0.4) is 0 Å². The number of nitrogens with zero attached hydrogens (tertiary/aromatic N) is 3. The van der Waals surface area contributed by atoms with Crippen molar-refractivity contribution >= 4 is 52.3 Å². The van der Waals surface area contributed by atoms with Crippen molar-refractivity contribution in [1.29, 1.82) is 0 Å². The number of rotatable bonds is 5. The van der Waals surface area contributed by atoms with E-state index in [-0.39, 0.29) is 34.0 Å². The number of anilines is 3. The standard InChI is InChI=1S/C22H18Cl2N6O3/c1-22(12-3-2-4-13(23)7-12)29-20(32)18-14(24)8-15(21(33)30(18)22)27-16-9-17(26-10-25-16)28-19(31)11-5-6-11/h2-4,7-11H,5-6H2,1H3,(H,29,32)(H2,25,26,27,28,31). The van der Waals surface area contributed by atoms with E-state index in [1.165, 1.54) is 23.0 Å². The third kappa shape index (κ3) is 3.83. The second kappa shape index (κ2) is 7.86. The van der Waals surface area contributed by atoms with Gasteiger partial charge in [-0.05, 0) is 43.5 Å². The molecule has 0 radical (unpaired) electrons. The number of benzene rings is 1. The van der Waals surface area contributed by atoms with Gasteiger partial charge in [0.05, 0.1) is 5.02 Å². The molecule has 1 aliphatic heterocycles. The SMILES string of the molecule is CC1(c2cccc(Cl)c2)NC(=O)c2c(Cl)cc(Nc3cc(NC(=O)C4CC4)ncn3)c(=O)n21. The molecule has 1 fully saturated rings. The average Bonchev–Trinajstić information content (AvgIpc) is 3.57. The van der Waals surface area contributed by atoms with Crippen LogP contribution in [0.15, 0.2) is 47.5 Å². The predicted molar refractivity (Wildman–Crippen MR) is 124 cm³/mol. The summed E-state index contributed by atoms with van der Waals surface area (Å²) in [4.78, 5) is 46.4. The lowest BCUT2D eigenvalue weighted by Crippen LogP contribution is -2.46. The van der Waals surface area contributed by atoms with Crippen molar-refractivity contribution in [3.8, 4) is 0 Å².